The van der Waals surface area contributed by atoms with Gasteiger partial charge in [0.25, 0.3) is 11.6 Å². The summed E-state index contributed by atoms with van der Waals surface area (Å²) in [7, 11) is 0. The van der Waals surface area contributed by atoms with Crippen LogP contribution in [0.5, 0.6) is 5.75 Å². The molecule has 0 saturated carbocycles. The molecule has 26 heavy (non-hydrogen) atoms. The number of nitrogens with zero attached hydrogens (tertiary/aromatic N) is 1. The molecule has 2 aromatic carbocycles. The van der Waals surface area contributed by atoms with Gasteiger partial charge in [0.05, 0.1) is 16.6 Å². The highest BCUT2D eigenvalue weighted by molar-refractivity contribution is 7.80. The molecule has 0 fully saturated rings. The maximum absolute atomic E-state index is 12.4. The number of hydrogen-bond donors (Lipinski definition) is 2. The number of halogens is 1. The number of anilines is 1. The minimum atomic E-state index is -0.593. The Morgan fingerprint density at radius 1 is 1.27 bits per heavy atom. The lowest BCUT2D eigenvalue weighted by atomic mass is 10.2. The minimum absolute atomic E-state index is 0.0835. The van der Waals surface area contributed by atoms with E-state index < -0.39 is 10.8 Å². The lowest BCUT2D eigenvalue weighted by Gasteiger charge is -2.15. The van der Waals surface area contributed by atoms with Gasteiger partial charge in [0, 0.05) is 11.1 Å². The molecule has 136 valence electrons. The lowest BCUT2D eigenvalue weighted by Crippen LogP contribution is -2.34. The number of carbonyl (C=O) groups is 1. The molecule has 0 atom stereocenters. The van der Waals surface area contributed by atoms with E-state index >= 15 is 0 Å². The summed E-state index contributed by atoms with van der Waals surface area (Å²) in [4.78, 5) is 23.0. The van der Waals surface area contributed by atoms with Gasteiger partial charge in [0.15, 0.2) is 5.11 Å². The number of carbonyl (C=O) groups excluding carboxylic acids is 1. The molecule has 0 aliphatic rings. The van der Waals surface area contributed by atoms with Gasteiger partial charge in [-0.15, -0.1) is 0 Å². The Morgan fingerprint density at radius 2 is 1.96 bits per heavy atom. The number of thiocarbonyl (C=S) groups is 1. The Balaban J connectivity index is 2.14. The average molecular weight is 394 g/mol. The summed E-state index contributed by atoms with van der Waals surface area (Å²) >= 11 is 10.9. The Kier molecular flexibility index (Phi) is 6.48. The Bertz CT molecular complexity index is 858. The van der Waals surface area contributed by atoms with Gasteiger partial charge in [-0.2, -0.15) is 0 Å². The largest absolute Gasteiger partial charge is 0.490 e. The van der Waals surface area contributed by atoms with Crippen LogP contribution in [-0.2, 0) is 0 Å². The zero-order valence-corrected chi connectivity index (χ0v) is 15.6. The number of para-hydroxylation sites is 1. The van der Waals surface area contributed by atoms with E-state index in [1.165, 1.54) is 18.2 Å². The highest BCUT2D eigenvalue weighted by atomic mass is 35.5. The molecule has 2 rings (SSSR count). The van der Waals surface area contributed by atoms with Crippen molar-refractivity contribution >= 4 is 46.2 Å². The maximum atomic E-state index is 12.4. The molecule has 2 N–H and O–H groups in total. The van der Waals surface area contributed by atoms with Gasteiger partial charge in [-0.05, 0) is 50.3 Å². The van der Waals surface area contributed by atoms with E-state index in [2.05, 4.69) is 10.6 Å². The Labute approximate surface area is 160 Å². The first-order valence-electron chi connectivity index (χ1n) is 7.60. The number of amides is 1. The van der Waals surface area contributed by atoms with E-state index in [-0.39, 0.29) is 27.6 Å². The number of nitro benzene ring substituents is 1. The number of ether oxygens (including phenoxy) is 1. The molecule has 0 bridgehead atoms. The van der Waals surface area contributed by atoms with Crippen LogP contribution in [0.1, 0.15) is 24.2 Å². The molecular formula is C17H16ClN3O4S. The molecule has 1 amide bonds. The van der Waals surface area contributed by atoms with Crippen molar-refractivity contribution in [1.82, 2.24) is 5.32 Å². The molecule has 0 aliphatic carbocycles. The quantitative estimate of drug-likeness (QED) is 0.450. The van der Waals surface area contributed by atoms with Crippen LogP contribution >= 0.6 is 23.8 Å². The second-order valence-electron chi connectivity index (χ2n) is 5.49. The third-order valence-electron chi connectivity index (χ3n) is 3.13. The van der Waals surface area contributed by atoms with Crippen LogP contribution in [0.4, 0.5) is 11.4 Å². The van der Waals surface area contributed by atoms with Crippen molar-refractivity contribution in [3.63, 3.8) is 0 Å². The van der Waals surface area contributed by atoms with Gasteiger partial charge in [0.1, 0.15) is 11.4 Å². The second kappa shape index (κ2) is 8.59. The molecule has 0 saturated heterocycles. The van der Waals surface area contributed by atoms with E-state index in [9.17, 15) is 14.9 Å². The summed E-state index contributed by atoms with van der Waals surface area (Å²) in [5.41, 5.74) is 0.171. The first-order valence-corrected chi connectivity index (χ1v) is 8.38. The predicted molar refractivity (Wildman–Crippen MR) is 104 cm³/mol. The van der Waals surface area contributed by atoms with Crippen molar-refractivity contribution < 1.29 is 14.5 Å². The molecular weight excluding hydrogens is 378 g/mol. The lowest BCUT2D eigenvalue weighted by molar-refractivity contribution is -0.383. The third-order valence-corrected chi connectivity index (χ3v) is 3.57. The Morgan fingerprint density at radius 3 is 2.62 bits per heavy atom. The van der Waals surface area contributed by atoms with Crippen LogP contribution < -0.4 is 15.4 Å². The van der Waals surface area contributed by atoms with Crippen molar-refractivity contribution in [3.8, 4) is 5.75 Å². The van der Waals surface area contributed by atoms with Crippen LogP contribution in [0.25, 0.3) is 0 Å². The fourth-order valence-electron chi connectivity index (χ4n) is 2.10. The number of rotatable bonds is 5. The van der Waals surface area contributed by atoms with Gasteiger partial charge < -0.3 is 10.1 Å². The molecule has 0 spiro atoms. The van der Waals surface area contributed by atoms with Crippen molar-refractivity contribution in [1.29, 1.82) is 0 Å². The van der Waals surface area contributed by atoms with Crippen molar-refractivity contribution in [2.45, 2.75) is 20.0 Å². The summed E-state index contributed by atoms with van der Waals surface area (Å²) in [5.74, 6) is -0.0735. The normalized spacial score (nSPS) is 10.3. The first-order chi connectivity index (χ1) is 12.3. The summed E-state index contributed by atoms with van der Waals surface area (Å²) in [5, 5.41) is 16.4. The van der Waals surface area contributed by atoms with Gasteiger partial charge in [-0.25, -0.2) is 0 Å². The van der Waals surface area contributed by atoms with Crippen LogP contribution in [-0.4, -0.2) is 22.0 Å². The van der Waals surface area contributed by atoms with Gasteiger partial charge in [-0.1, -0.05) is 23.7 Å². The smallest absolute Gasteiger partial charge is 0.294 e. The molecule has 0 unspecified atom stereocenters. The van der Waals surface area contributed by atoms with E-state index in [4.69, 9.17) is 28.6 Å². The SMILES string of the molecule is CC(C)Oc1ccccc1C(=O)NC(=S)Nc1ccc(Cl)cc1[N+](=O)[O-]. The van der Waals surface area contributed by atoms with Crippen LogP contribution in [0.3, 0.4) is 0 Å². The summed E-state index contributed by atoms with van der Waals surface area (Å²) in [6.07, 6.45) is -0.106. The monoisotopic (exact) mass is 393 g/mol. The third kappa shape index (κ3) is 5.14. The number of nitrogens with one attached hydrogen (secondary N) is 2. The van der Waals surface area contributed by atoms with Gasteiger partial charge >= 0.3 is 0 Å². The molecule has 0 radical (unpaired) electrons. The predicted octanol–water partition coefficient (Wildman–Crippen LogP) is 4.16. The van der Waals surface area contributed by atoms with Gasteiger partial charge in [-0.3, -0.25) is 20.2 Å². The van der Waals surface area contributed by atoms with Gasteiger partial charge in [0.2, 0.25) is 0 Å². The summed E-state index contributed by atoms with van der Waals surface area (Å²) in [6, 6.07) is 10.8. The summed E-state index contributed by atoms with van der Waals surface area (Å²) in [6.45, 7) is 3.70. The molecule has 9 heteroatoms. The van der Waals surface area contributed by atoms with E-state index in [1.807, 2.05) is 13.8 Å². The summed E-state index contributed by atoms with van der Waals surface area (Å²) < 4.78 is 5.60. The maximum Gasteiger partial charge on any atom is 0.294 e. The highest BCUT2D eigenvalue weighted by Crippen LogP contribution is 2.27. The molecule has 7 nitrogen and oxygen atoms in total. The fourth-order valence-corrected chi connectivity index (χ4v) is 2.47. The van der Waals surface area contributed by atoms with Crippen molar-refractivity contribution in [3.05, 3.63) is 63.2 Å². The van der Waals surface area contributed by atoms with E-state index in [1.54, 1.807) is 24.3 Å². The number of nitro groups is 1. The van der Waals surface area contributed by atoms with Crippen molar-refractivity contribution in [2.24, 2.45) is 0 Å². The standard InChI is InChI=1S/C17H16ClN3O4S/c1-10(2)25-15-6-4-3-5-12(15)16(22)20-17(26)19-13-8-7-11(18)9-14(13)21(23)24/h3-10H,1-2H3,(H2,19,20,22,26). The zero-order chi connectivity index (χ0) is 19.3. The van der Waals surface area contributed by atoms with Crippen molar-refractivity contribution in [2.75, 3.05) is 5.32 Å². The first kappa shape index (κ1) is 19.6. The highest BCUT2D eigenvalue weighted by Gasteiger charge is 2.18. The topological polar surface area (TPSA) is 93.5 Å². The molecule has 2 aromatic rings. The average Bonchev–Trinajstić information content (AvgIpc) is 2.56. The number of hydrogen-bond acceptors (Lipinski definition) is 5. The fraction of sp³-hybridized carbons (Fsp3) is 0.176. The van der Waals surface area contributed by atoms with E-state index in [0.717, 1.165) is 0 Å². The zero-order valence-electron chi connectivity index (χ0n) is 14.0. The minimum Gasteiger partial charge on any atom is -0.490 e. The van der Waals surface area contributed by atoms with E-state index in [0.29, 0.717) is 11.3 Å². The Hall–Kier alpha value is -2.71. The second-order valence-corrected chi connectivity index (χ2v) is 6.33. The molecule has 0 aromatic heterocycles. The number of benzene rings is 2. The van der Waals surface area contributed by atoms with Crippen LogP contribution in [0.15, 0.2) is 42.5 Å². The molecule has 0 heterocycles. The van der Waals surface area contributed by atoms with Crippen LogP contribution in [0.2, 0.25) is 5.02 Å². The van der Waals surface area contributed by atoms with Crippen LogP contribution in [0, 0.1) is 10.1 Å². The molecule has 0 aliphatic heterocycles.